The van der Waals surface area contributed by atoms with Gasteiger partial charge in [0.25, 0.3) is 0 Å². The van der Waals surface area contributed by atoms with Gasteiger partial charge in [0.15, 0.2) is 0 Å². The van der Waals surface area contributed by atoms with Crippen LogP contribution in [-0.4, -0.2) is 27.7 Å². The summed E-state index contributed by atoms with van der Waals surface area (Å²) in [5.41, 5.74) is 6.56. The predicted octanol–water partition coefficient (Wildman–Crippen LogP) is 1.93. The van der Waals surface area contributed by atoms with Crippen LogP contribution in [0.1, 0.15) is 19.4 Å². The van der Waals surface area contributed by atoms with Crippen molar-refractivity contribution in [2.24, 2.45) is 0 Å². The molecule has 0 aliphatic rings. The second-order valence-corrected chi connectivity index (χ2v) is 6.41. The molecule has 0 aliphatic heterocycles. The fourth-order valence-electron chi connectivity index (χ4n) is 1.60. The SMILES string of the molecule is CCOC(C)CNS(=O)(=O)c1cc(Cl)cc(N)c1C. The third-order valence-corrected chi connectivity index (χ3v) is 4.43. The molecule has 0 bridgehead atoms. The van der Waals surface area contributed by atoms with E-state index in [1.165, 1.54) is 12.1 Å². The van der Waals surface area contributed by atoms with Crippen LogP contribution < -0.4 is 10.5 Å². The number of anilines is 1. The van der Waals surface area contributed by atoms with E-state index < -0.39 is 10.0 Å². The Hall–Kier alpha value is -0.820. The molecular weight excluding hydrogens is 288 g/mol. The number of ether oxygens (including phenoxy) is 1. The molecule has 0 saturated heterocycles. The van der Waals surface area contributed by atoms with Crippen molar-refractivity contribution < 1.29 is 13.2 Å². The summed E-state index contributed by atoms with van der Waals surface area (Å²) in [6, 6.07) is 2.92. The molecule has 1 unspecified atom stereocenters. The van der Waals surface area contributed by atoms with Crippen LogP contribution in [0.3, 0.4) is 0 Å². The molecule has 0 heterocycles. The van der Waals surface area contributed by atoms with Crippen LogP contribution in [0, 0.1) is 6.92 Å². The molecule has 7 heteroatoms. The lowest BCUT2D eigenvalue weighted by atomic mass is 10.2. The molecule has 5 nitrogen and oxygen atoms in total. The van der Waals surface area contributed by atoms with Gasteiger partial charge in [-0.05, 0) is 38.5 Å². The predicted molar refractivity (Wildman–Crippen MR) is 76.9 cm³/mol. The third-order valence-electron chi connectivity index (χ3n) is 2.67. The first-order chi connectivity index (χ1) is 8.77. The fraction of sp³-hybridized carbons (Fsp3) is 0.500. The Balaban J connectivity index is 2.95. The minimum absolute atomic E-state index is 0.0983. The minimum atomic E-state index is -3.64. The Morgan fingerprint density at radius 2 is 2.11 bits per heavy atom. The molecule has 1 aromatic carbocycles. The van der Waals surface area contributed by atoms with Crippen LogP contribution in [0.2, 0.25) is 5.02 Å². The van der Waals surface area contributed by atoms with Gasteiger partial charge in [0.2, 0.25) is 10.0 Å². The summed E-state index contributed by atoms with van der Waals surface area (Å²) >= 11 is 5.84. The molecular formula is C12H19ClN2O3S. The maximum atomic E-state index is 12.2. The number of nitrogens with two attached hydrogens (primary N) is 1. The number of nitrogens with one attached hydrogen (secondary N) is 1. The molecule has 0 amide bonds. The number of halogens is 1. The molecule has 0 aliphatic carbocycles. The second kappa shape index (κ2) is 6.56. The average Bonchev–Trinajstić information content (AvgIpc) is 2.31. The van der Waals surface area contributed by atoms with Crippen molar-refractivity contribution in [1.82, 2.24) is 4.72 Å². The smallest absolute Gasteiger partial charge is 0.241 e. The van der Waals surface area contributed by atoms with Gasteiger partial charge in [-0.15, -0.1) is 0 Å². The van der Waals surface area contributed by atoms with E-state index in [0.717, 1.165) is 0 Å². The Labute approximate surface area is 119 Å². The molecule has 1 atom stereocenters. The Morgan fingerprint density at radius 1 is 1.47 bits per heavy atom. The molecule has 3 N–H and O–H groups in total. The number of nitrogen functional groups attached to an aromatic ring is 1. The minimum Gasteiger partial charge on any atom is -0.398 e. The summed E-state index contributed by atoms with van der Waals surface area (Å²) in [4.78, 5) is 0.0983. The lowest BCUT2D eigenvalue weighted by molar-refractivity contribution is 0.0799. The quantitative estimate of drug-likeness (QED) is 0.787. The highest BCUT2D eigenvalue weighted by Crippen LogP contribution is 2.25. The topological polar surface area (TPSA) is 81.4 Å². The molecule has 108 valence electrons. The van der Waals surface area contributed by atoms with E-state index in [-0.39, 0.29) is 17.5 Å². The number of benzene rings is 1. The maximum absolute atomic E-state index is 12.2. The van der Waals surface area contributed by atoms with Crippen molar-refractivity contribution in [3.05, 3.63) is 22.7 Å². The van der Waals surface area contributed by atoms with Gasteiger partial charge in [-0.1, -0.05) is 11.6 Å². The molecule has 0 fully saturated rings. The van der Waals surface area contributed by atoms with Crippen molar-refractivity contribution in [1.29, 1.82) is 0 Å². The Kier molecular flexibility index (Phi) is 5.61. The van der Waals surface area contributed by atoms with Gasteiger partial charge in [0.1, 0.15) is 0 Å². The van der Waals surface area contributed by atoms with Crippen molar-refractivity contribution in [3.8, 4) is 0 Å². The summed E-state index contributed by atoms with van der Waals surface area (Å²) in [5, 5.41) is 0.293. The number of rotatable bonds is 6. The molecule has 0 aromatic heterocycles. The highest BCUT2D eigenvalue weighted by molar-refractivity contribution is 7.89. The van der Waals surface area contributed by atoms with E-state index in [1.807, 2.05) is 6.92 Å². The van der Waals surface area contributed by atoms with Crippen LogP contribution in [0.5, 0.6) is 0 Å². The molecule has 1 rings (SSSR count). The molecule has 1 aromatic rings. The summed E-state index contributed by atoms with van der Waals surface area (Å²) in [7, 11) is -3.64. The van der Waals surface area contributed by atoms with Gasteiger partial charge in [-0.2, -0.15) is 0 Å². The monoisotopic (exact) mass is 306 g/mol. The van der Waals surface area contributed by atoms with E-state index in [0.29, 0.717) is 22.9 Å². The highest BCUT2D eigenvalue weighted by Gasteiger charge is 2.19. The van der Waals surface area contributed by atoms with Gasteiger partial charge in [0, 0.05) is 23.9 Å². The zero-order valence-corrected chi connectivity index (χ0v) is 12.8. The molecule has 0 radical (unpaired) electrons. The average molecular weight is 307 g/mol. The second-order valence-electron chi connectivity index (χ2n) is 4.24. The van der Waals surface area contributed by atoms with Gasteiger partial charge < -0.3 is 10.5 Å². The highest BCUT2D eigenvalue weighted by atomic mass is 35.5. The van der Waals surface area contributed by atoms with E-state index in [1.54, 1.807) is 13.8 Å². The van der Waals surface area contributed by atoms with Gasteiger partial charge in [-0.25, -0.2) is 13.1 Å². The Morgan fingerprint density at radius 3 is 2.68 bits per heavy atom. The molecule has 0 saturated carbocycles. The van der Waals surface area contributed by atoms with Gasteiger partial charge in [0.05, 0.1) is 11.0 Å². The van der Waals surface area contributed by atoms with Crippen molar-refractivity contribution in [3.63, 3.8) is 0 Å². The number of hydrogen-bond donors (Lipinski definition) is 2. The zero-order valence-electron chi connectivity index (χ0n) is 11.2. The van der Waals surface area contributed by atoms with Crippen LogP contribution in [-0.2, 0) is 14.8 Å². The maximum Gasteiger partial charge on any atom is 0.241 e. The van der Waals surface area contributed by atoms with Crippen molar-refractivity contribution >= 4 is 27.3 Å². The fourth-order valence-corrected chi connectivity index (χ4v) is 3.31. The van der Waals surface area contributed by atoms with Crippen LogP contribution >= 0.6 is 11.6 Å². The van der Waals surface area contributed by atoms with Crippen LogP contribution in [0.15, 0.2) is 17.0 Å². The van der Waals surface area contributed by atoms with Gasteiger partial charge in [-0.3, -0.25) is 0 Å². The van der Waals surface area contributed by atoms with Crippen LogP contribution in [0.25, 0.3) is 0 Å². The third kappa shape index (κ3) is 4.35. The van der Waals surface area contributed by atoms with Crippen molar-refractivity contribution in [2.45, 2.75) is 31.8 Å². The molecule has 0 spiro atoms. The lowest BCUT2D eigenvalue weighted by Crippen LogP contribution is -2.32. The van der Waals surface area contributed by atoms with E-state index in [9.17, 15) is 8.42 Å². The number of sulfonamides is 1. The van der Waals surface area contributed by atoms with E-state index in [4.69, 9.17) is 22.1 Å². The van der Waals surface area contributed by atoms with E-state index >= 15 is 0 Å². The van der Waals surface area contributed by atoms with E-state index in [2.05, 4.69) is 4.72 Å². The number of hydrogen-bond acceptors (Lipinski definition) is 4. The standard InChI is InChI=1S/C12H19ClN2O3S/c1-4-18-8(2)7-15-19(16,17)12-6-10(13)5-11(14)9(12)3/h5-6,8,15H,4,7,14H2,1-3H3. The van der Waals surface area contributed by atoms with Crippen LogP contribution in [0.4, 0.5) is 5.69 Å². The summed E-state index contributed by atoms with van der Waals surface area (Å²) in [6.07, 6.45) is -0.198. The lowest BCUT2D eigenvalue weighted by Gasteiger charge is -2.15. The van der Waals surface area contributed by atoms with Gasteiger partial charge >= 0.3 is 0 Å². The van der Waals surface area contributed by atoms with Crippen molar-refractivity contribution in [2.75, 3.05) is 18.9 Å². The first kappa shape index (κ1) is 16.2. The first-order valence-electron chi connectivity index (χ1n) is 5.94. The first-order valence-corrected chi connectivity index (χ1v) is 7.81. The largest absolute Gasteiger partial charge is 0.398 e. The molecule has 19 heavy (non-hydrogen) atoms. The summed E-state index contributed by atoms with van der Waals surface area (Å²) in [6.45, 7) is 6.03. The summed E-state index contributed by atoms with van der Waals surface area (Å²) < 4.78 is 32.1. The normalized spacial score (nSPS) is 13.5. The zero-order chi connectivity index (χ0) is 14.6. The summed E-state index contributed by atoms with van der Waals surface area (Å²) in [5.74, 6) is 0. The Bertz CT molecular complexity index is 546.